The van der Waals surface area contributed by atoms with Crippen LogP contribution in [0.4, 0.5) is 0 Å². The van der Waals surface area contributed by atoms with Gasteiger partial charge in [0.15, 0.2) is 0 Å². The lowest BCUT2D eigenvalue weighted by atomic mass is 10.1. The monoisotopic (exact) mass is 594 g/mol. The molecule has 0 aliphatic heterocycles. The molecular formula is C39H38N4O2. The Morgan fingerprint density at radius 2 is 1.11 bits per heavy atom. The fourth-order valence-corrected chi connectivity index (χ4v) is 5.76. The van der Waals surface area contributed by atoms with Gasteiger partial charge in [0.2, 0.25) is 0 Å². The van der Waals surface area contributed by atoms with Crippen molar-refractivity contribution in [1.82, 2.24) is 18.9 Å². The molecule has 0 aliphatic carbocycles. The molecule has 0 N–H and O–H groups in total. The maximum absolute atomic E-state index is 13.6. The highest BCUT2D eigenvalue weighted by molar-refractivity contribution is 5.84. The van der Waals surface area contributed by atoms with Gasteiger partial charge in [-0.25, -0.2) is 4.68 Å². The van der Waals surface area contributed by atoms with Gasteiger partial charge in [0.25, 0.3) is 11.1 Å². The second-order valence-electron chi connectivity index (χ2n) is 11.3. The van der Waals surface area contributed by atoms with E-state index in [1.807, 2.05) is 129 Å². The molecule has 6 heteroatoms. The van der Waals surface area contributed by atoms with Gasteiger partial charge in [-0.15, -0.1) is 0 Å². The van der Waals surface area contributed by atoms with E-state index in [0.717, 1.165) is 58.9 Å². The van der Waals surface area contributed by atoms with E-state index in [0.29, 0.717) is 29.9 Å². The number of hydrogen-bond acceptors (Lipinski definition) is 3. The molecule has 0 unspecified atom stereocenters. The highest BCUT2D eigenvalue weighted by Crippen LogP contribution is 2.20. The molecule has 0 aliphatic rings. The fourth-order valence-electron chi connectivity index (χ4n) is 5.76. The second kappa shape index (κ2) is 13.6. The molecule has 0 saturated heterocycles. The van der Waals surface area contributed by atoms with Gasteiger partial charge < -0.3 is 9.13 Å². The minimum Gasteiger partial charge on any atom is -0.308 e. The lowest BCUT2D eigenvalue weighted by Gasteiger charge is -2.11. The first kappa shape index (κ1) is 29.8. The van der Waals surface area contributed by atoms with E-state index in [1.54, 1.807) is 0 Å². The van der Waals surface area contributed by atoms with Crippen LogP contribution in [-0.4, -0.2) is 18.9 Å². The summed E-state index contributed by atoms with van der Waals surface area (Å²) in [6.07, 6.45) is 11.5. The number of pyridine rings is 2. The van der Waals surface area contributed by atoms with Crippen LogP contribution in [0.5, 0.6) is 0 Å². The van der Waals surface area contributed by atoms with Crippen LogP contribution in [0.1, 0.15) is 62.0 Å². The summed E-state index contributed by atoms with van der Waals surface area (Å²) in [4.78, 5) is 27.1. The number of fused-ring (bicyclic) bond motifs is 2. The second-order valence-corrected chi connectivity index (χ2v) is 11.3. The van der Waals surface area contributed by atoms with Gasteiger partial charge in [0.05, 0.1) is 28.1 Å². The summed E-state index contributed by atoms with van der Waals surface area (Å²) in [5, 5.41) is 6.96. The molecule has 3 aromatic carbocycles. The lowest BCUT2D eigenvalue weighted by Crippen LogP contribution is -2.22. The number of hydrogen-bond donors (Lipinski definition) is 0. The average Bonchev–Trinajstić information content (AvgIpc) is 3.49. The van der Waals surface area contributed by atoms with Gasteiger partial charge >= 0.3 is 0 Å². The quantitative estimate of drug-likeness (QED) is 0.151. The summed E-state index contributed by atoms with van der Waals surface area (Å²) in [7, 11) is 0. The lowest BCUT2D eigenvalue weighted by molar-refractivity contribution is 0.631. The summed E-state index contributed by atoms with van der Waals surface area (Å²) in [6, 6.07) is 31.9. The molecule has 6 aromatic rings. The predicted octanol–water partition coefficient (Wildman–Crippen LogP) is 8.44. The molecule has 45 heavy (non-hydrogen) atoms. The van der Waals surface area contributed by atoms with Crippen molar-refractivity contribution in [1.29, 1.82) is 0 Å². The molecule has 0 radical (unpaired) electrons. The molecule has 0 amide bonds. The maximum Gasteiger partial charge on any atom is 0.258 e. The summed E-state index contributed by atoms with van der Waals surface area (Å²) < 4.78 is 5.64. The van der Waals surface area contributed by atoms with Crippen molar-refractivity contribution >= 4 is 46.1 Å². The Labute approximate surface area is 263 Å². The summed E-state index contributed by atoms with van der Waals surface area (Å²) in [5.74, 6) is 0. The third-order valence-corrected chi connectivity index (χ3v) is 8.16. The zero-order valence-corrected chi connectivity index (χ0v) is 25.9. The Morgan fingerprint density at radius 3 is 1.67 bits per heavy atom. The van der Waals surface area contributed by atoms with E-state index in [1.165, 1.54) is 0 Å². The van der Waals surface area contributed by atoms with Crippen molar-refractivity contribution in [3.8, 4) is 5.69 Å². The Balaban J connectivity index is 1.40. The molecule has 0 spiro atoms. The first-order valence-corrected chi connectivity index (χ1v) is 15.8. The summed E-state index contributed by atoms with van der Waals surface area (Å²) in [6.45, 7) is 5.64. The molecule has 0 atom stereocenters. The van der Waals surface area contributed by atoms with Crippen molar-refractivity contribution in [2.45, 2.75) is 52.6 Å². The average molecular weight is 595 g/mol. The topological polar surface area (TPSA) is 61.8 Å². The van der Waals surface area contributed by atoms with Crippen LogP contribution in [0, 0.1) is 0 Å². The third kappa shape index (κ3) is 6.36. The van der Waals surface area contributed by atoms with Crippen LogP contribution in [0.3, 0.4) is 0 Å². The van der Waals surface area contributed by atoms with Crippen molar-refractivity contribution < 1.29 is 0 Å². The van der Waals surface area contributed by atoms with Crippen LogP contribution >= 0.6 is 0 Å². The van der Waals surface area contributed by atoms with Gasteiger partial charge in [-0.3, -0.25) is 9.59 Å². The number of aromatic nitrogens is 4. The van der Waals surface area contributed by atoms with Crippen molar-refractivity contribution in [2.75, 3.05) is 0 Å². The van der Waals surface area contributed by atoms with E-state index in [9.17, 15) is 9.59 Å². The molecule has 0 saturated carbocycles. The number of rotatable bonds is 11. The van der Waals surface area contributed by atoms with Gasteiger partial charge in [0.1, 0.15) is 0 Å². The zero-order chi connectivity index (χ0) is 31.2. The first-order valence-electron chi connectivity index (χ1n) is 15.8. The third-order valence-electron chi connectivity index (χ3n) is 8.16. The first-order chi connectivity index (χ1) is 22.1. The minimum absolute atomic E-state index is 0.0000442. The van der Waals surface area contributed by atoms with E-state index < -0.39 is 0 Å². The minimum atomic E-state index is -0.00309. The molecule has 3 aromatic heterocycles. The predicted molar refractivity (Wildman–Crippen MR) is 188 cm³/mol. The van der Waals surface area contributed by atoms with Crippen LogP contribution < -0.4 is 11.1 Å². The smallest absolute Gasteiger partial charge is 0.258 e. The Hall–Kier alpha value is -5.23. The molecular weight excluding hydrogens is 556 g/mol. The van der Waals surface area contributed by atoms with Crippen LogP contribution in [0.25, 0.3) is 51.8 Å². The molecule has 3 heterocycles. The number of benzene rings is 3. The van der Waals surface area contributed by atoms with Crippen molar-refractivity contribution in [2.24, 2.45) is 0 Å². The summed E-state index contributed by atoms with van der Waals surface area (Å²) in [5.41, 5.74) is 5.61. The molecule has 0 fully saturated rings. The highest BCUT2D eigenvalue weighted by Gasteiger charge is 2.11. The van der Waals surface area contributed by atoms with Crippen LogP contribution in [-0.2, 0) is 13.1 Å². The van der Waals surface area contributed by atoms with Crippen LogP contribution in [0.2, 0.25) is 0 Å². The molecule has 6 rings (SSSR count). The zero-order valence-electron chi connectivity index (χ0n) is 25.9. The normalized spacial score (nSPS) is 11.9. The number of nitrogens with zero attached hydrogens (tertiary/aromatic N) is 4. The van der Waals surface area contributed by atoms with E-state index in [-0.39, 0.29) is 11.1 Å². The fraction of sp³-hybridized carbons (Fsp3) is 0.205. The van der Waals surface area contributed by atoms with Gasteiger partial charge in [-0.2, -0.15) is 5.10 Å². The highest BCUT2D eigenvalue weighted by atomic mass is 16.1. The van der Waals surface area contributed by atoms with E-state index in [2.05, 4.69) is 19.9 Å². The molecule has 0 bridgehead atoms. The SMILES string of the molecule is CCCCn1c(=O)c(/C=C/c2cc(/C=C/c3cc4ccccc4n(CCCC)c3=O)n(-c3ccccc3)n2)cc2ccccc21. The Bertz CT molecular complexity index is 2130. The number of unbranched alkanes of at least 4 members (excludes halogenated alkanes) is 2. The van der Waals surface area contributed by atoms with Gasteiger partial charge in [-0.1, -0.05) is 81.3 Å². The largest absolute Gasteiger partial charge is 0.308 e. The van der Waals surface area contributed by atoms with Gasteiger partial charge in [-0.05, 0) is 90.4 Å². The number of aryl methyl sites for hydroxylation is 2. The van der Waals surface area contributed by atoms with Crippen LogP contribution in [0.15, 0.2) is 107 Å². The Kier molecular flexibility index (Phi) is 9.01. The van der Waals surface area contributed by atoms with E-state index in [4.69, 9.17) is 5.10 Å². The maximum atomic E-state index is 13.6. The van der Waals surface area contributed by atoms with Crippen molar-refractivity contribution in [3.05, 3.63) is 140 Å². The molecule has 226 valence electrons. The van der Waals surface area contributed by atoms with E-state index >= 15 is 0 Å². The van der Waals surface area contributed by atoms with Crippen molar-refractivity contribution in [3.63, 3.8) is 0 Å². The summed E-state index contributed by atoms with van der Waals surface area (Å²) >= 11 is 0. The number of para-hydroxylation sites is 3. The Morgan fingerprint density at radius 1 is 0.600 bits per heavy atom. The molecule has 6 nitrogen and oxygen atoms in total. The van der Waals surface area contributed by atoms with Gasteiger partial charge in [0, 0.05) is 24.2 Å². The standard InChI is InChI=1S/C39H38N4O2/c1-3-5-24-41-36-18-12-10-14-29(36)26-31(38(41)44)20-22-33-28-35(43(40-33)34-16-8-7-9-17-34)23-21-32-27-30-15-11-13-19-37(30)42(39(32)45)25-6-4-2/h7-23,26-28H,3-6,24-25H2,1-2H3/b22-20+,23-21+.